The zero-order valence-electron chi connectivity index (χ0n) is 17.5. The van der Waals surface area contributed by atoms with Gasteiger partial charge in [-0.05, 0) is 54.5 Å². The van der Waals surface area contributed by atoms with E-state index in [2.05, 4.69) is 20.4 Å². The summed E-state index contributed by atoms with van der Waals surface area (Å²) in [7, 11) is 0. The van der Waals surface area contributed by atoms with Gasteiger partial charge in [0, 0.05) is 24.5 Å². The third kappa shape index (κ3) is 4.08. The fourth-order valence-electron chi connectivity index (χ4n) is 4.59. The molecular formula is C24H24N4O4. The quantitative estimate of drug-likeness (QED) is 0.612. The van der Waals surface area contributed by atoms with E-state index >= 15 is 0 Å². The summed E-state index contributed by atoms with van der Waals surface area (Å²) in [6.07, 6.45) is 3.10. The number of anilines is 2. The van der Waals surface area contributed by atoms with Gasteiger partial charge in [0.25, 0.3) is 0 Å². The van der Waals surface area contributed by atoms with Gasteiger partial charge in [0.1, 0.15) is 0 Å². The summed E-state index contributed by atoms with van der Waals surface area (Å²) in [6, 6.07) is 17.3. The second kappa shape index (κ2) is 8.11. The van der Waals surface area contributed by atoms with Gasteiger partial charge in [-0.1, -0.05) is 30.3 Å². The zero-order valence-corrected chi connectivity index (χ0v) is 17.5. The van der Waals surface area contributed by atoms with Crippen LogP contribution in [0.25, 0.3) is 0 Å². The van der Waals surface area contributed by atoms with Crippen molar-refractivity contribution < 1.29 is 19.1 Å². The minimum absolute atomic E-state index is 0.0136. The number of aromatic nitrogens is 2. The summed E-state index contributed by atoms with van der Waals surface area (Å²) in [5, 5.41) is 19.9. The molecule has 1 spiro atoms. The van der Waals surface area contributed by atoms with Gasteiger partial charge >= 0.3 is 17.8 Å². The van der Waals surface area contributed by atoms with E-state index in [4.69, 9.17) is 4.42 Å². The Morgan fingerprint density at radius 2 is 1.78 bits per heavy atom. The predicted octanol–water partition coefficient (Wildman–Crippen LogP) is 3.60. The monoisotopic (exact) mass is 432 g/mol. The van der Waals surface area contributed by atoms with Gasteiger partial charge < -0.3 is 19.7 Å². The Hall–Kier alpha value is -3.68. The number of nitrogens with zero attached hydrogens (tertiary/aromatic N) is 3. The normalized spacial score (nSPS) is 19.0. The van der Waals surface area contributed by atoms with Crippen molar-refractivity contribution in [1.29, 1.82) is 0 Å². The van der Waals surface area contributed by atoms with Crippen molar-refractivity contribution in [3.8, 4) is 0 Å². The molecule has 1 saturated heterocycles. The van der Waals surface area contributed by atoms with Crippen molar-refractivity contribution in [3.63, 3.8) is 0 Å². The number of hydrogen-bond acceptors (Lipinski definition) is 6. The molecule has 0 bridgehead atoms. The predicted molar refractivity (Wildman–Crippen MR) is 118 cm³/mol. The number of hydrogen-bond donors (Lipinski definition) is 2. The van der Waals surface area contributed by atoms with E-state index in [-0.39, 0.29) is 17.2 Å². The zero-order chi connectivity index (χ0) is 22.1. The fraction of sp³-hybridized carbons (Fsp3) is 0.333. The van der Waals surface area contributed by atoms with Crippen molar-refractivity contribution in [3.05, 3.63) is 71.9 Å². The Bertz CT molecular complexity index is 1120. The van der Waals surface area contributed by atoms with E-state index in [1.54, 1.807) is 0 Å². The maximum absolute atomic E-state index is 12.5. The molecule has 1 aromatic heterocycles. The molecule has 2 heterocycles. The van der Waals surface area contributed by atoms with Crippen LogP contribution in [0.3, 0.4) is 0 Å². The number of benzene rings is 2. The number of carbonyl (C=O) groups is 2. The van der Waals surface area contributed by atoms with Crippen molar-refractivity contribution >= 4 is 23.3 Å². The molecule has 32 heavy (non-hydrogen) atoms. The first-order valence-electron chi connectivity index (χ1n) is 10.8. The highest BCUT2D eigenvalue weighted by molar-refractivity contribution is 6.00. The minimum atomic E-state index is -0.660. The van der Waals surface area contributed by atoms with Crippen LogP contribution >= 0.6 is 0 Å². The first-order chi connectivity index (χ1) is 15.5. The second-order valence-electron chi connectivity index (χ2n) is 8.61. The van der Waals surface area contributed by atoms with Crippen molar-refractivity contribution in [2.75, 3.05) is 23.3 Å². The molecule has 2 aromatic carbocycles. The molecule has 2 aliphatic rings. The molecule has 3 aromatic rings. The van der Waals surface area contributed by atoms with Crippen LogP contribution in [0.5, 0.6) is 0 Å². The van der Waals surface area contributed by atoms with Crippen LogP contribution in [0, 0.1) is 11.3 Å². The largest absolute Gasteiger partial charge is 0.481 e. The molecule has 2 N–H and O–H groups in total. The van der Waals surface area contributed by atoms with E-state index in [1.807, 2.05) is 54.6 Å². The van der Waals surface area contributed by atoms with Crippen LogP contribution in [-0.4, -0.2) is 40.3 Å². The summed E-state index contributed by atoms with van der Waals surface area (Å²) >= 11 is 0. The Kier molecular flexibility index (Phi) is 5.13. The number of carbonyl (C=O) groups excluding carboxylic acids is 1. The molecule has 2 fully saturated rings. The standard InChI is InChI=1S/C24H24N4O4/c29-21(22-27-26-20(32-22)14-16-4-2-1-3-5-16)25-17-6-8-18(9-7-17)28-12-10-24(11-13-28)15-19(24)23(30)31/h1-9,19H,10-15H2,(H,25,29)(H,30,31). The maximum Gasteiger partial charge on any atom is 0.313 e. The average molecular weight is 432 g/mol. The van der Waals surface area contributed by atoms with Crippen molar-refractivity contribution in [2.45, 2.75) is 25.7 Å². The summed E-state index contributed by atoms with van der Waals surface area (Å²) in [6.45, 7) is 1.70. The SMILES string of the molecule is O=C(Nc1ccc(N2CCC3(CC2)CC3C(=O)O)cc1)c1nnc(Cc2ccccc2)o1. The highest BCUT2D eigenvalue weighted by Crippen LogP contribution is 2.59. The molecule has 8 nitrogen and oxygen atoms in total. The number of rotatable bonds is 6. The van der Waals surface area contributed by atoms with Crippen LogP contribution in [0.1, 0.15) is 41.4 Å². The molecule has 1 amide bonds. The molecule has 164 valence electrons. The van der Waals surface area contributed by atoms with Gasteiger partial charge in [-0.2, -0.15) is 0 Å². The molecule has 0 radical (unpaired) electrons. The number of piperidine rings is 1. The van der Waals surface area contributed by atoms with Gasteiger partial charge in [0.15, 0.2) is 0 Å². The lowest BCUT2D eigenvalue weighted by Crippen LogP contribution is -2.35. The number of aliphatic carboxylic acids is 1. The molecular weight excluding hydrogens is 408 g/mol. The number of amides is 1. The average Bonchev–Trinajstić information content (AvgIpc) is 3.30. The Labute approximate surface area is 185 Å². The Morgan fingerprint density at radius 3 is 2.44 bits per heavy atom. The topological polar surface area (TPSA) is 109 Å². The molecule has 1 aliphatic heterocycles. The van der Waals surface area contributed by atoms with Crippen molar-refractivity contribution in [1.82, 2.24) is 10.2 Å². The lowest BCUT2D eigenvalue weighted by molar-refractivity contribution is -0.139. The lowest BCUT2D eigenvalue weighted by Gasteiger charge is -2.34. The van der Waals surface area contributed by atoms with Gasteiger partial charge in [0.05, 0.1) is 12.3 Å². The molecule has 1 unspecified atom stereocenters. The summed E-state index contributed by atoms with van der Waals surface area (Å²) < 4.78 is 5.51. The third-order valence-electron chi connectivity index (χ3n) is 6.60. The first-order valence-corrected chi connectivity index (χ1v) is 10.8. The van der Waals surface area contributed by atoms with Crippen LogP contribution in [0.2, 0.25) is 0 Å². The van der Waals surface area contributed by atoms with Gasteiger partial charge in [-0.3, -0.25) is 9.59 Å². The van der Waals surface area contributed by atoms with Crippen LogP contribution in [-0.2, 0) is 11.2 Å². The van der Waals surface area contributed by atoms with E-state index in [9.17, 15) is 14.7 Å². The summed E-state index contributed by atoms with van der Waals surface area (Å²) in [5.74, 6) is -0.954. The van der Waals surface area contributed by atoms with Crippen molar-refractivity contribution in [2.24, 2.45) is 11.3 Å². The first kappa shape index (κ1) is 20.2. The van der Waals surface area contributed by atoms with E-state index in [1.165, 1.54) is 0 Å². The van der Waals surface area contributed by atoms with Gasteiger partial charge in [-0.15, -0.1) is 10.2 Å². The minimum Gasteiger partial charge on any atom is -0.481 e. The van der Waals surface area contributed by atoms with Gasteiger partial charge in [0.2, 0.25) is 5.89 Å². The number of nitrogens with one attached hydrogen (secondary N) is 1. The smallest absolute Gasteiger partial charge is 0.313 e. The van der Waals surface area contributed by atoms with Crippen LogP contribution in [0.15, 0.2) is 59.0 Å². The van der Waals surface area contributed by atoms with E-state index in [0.29, 0.717) is 18.0 Å². The fourth-order valence-corrected chi connectivity index (χ4v) is 4.59. The second-order valence-corrected chi connectivity index (χ2v) is 8.61. The van der Waals surface area contributed by atoms with Gasteiger partial charge in [-0.25, -0.2) is 0 Å². The van der Waals surface area contributed by atoms with E-state index in [0.717, 1.165) is 43.6 Å². The van der Waals surface area contributed by atoms with E-state index < -0.39 is 11.9 Å². The summed E-state index contributed by atoms with van der Waals surface area (Å²) in [5.41, 5.74) is 2.75. The van der Waals surface area contributed by atoms with Crippen LogP contribution in [0.4, 0.5) is 11.4 Å². The number of carboxylic acids is 1. The molecule has 1 aliphatic carbocycles. The highest BCUT2D eigenvalue weighted by atomic mass is 16.4. The lowest BCUT2D eigenvalue weighted by atomic mass is 9.90. The highest BCUT2D eigenvalue weighted by Gasteiger charge is 2.58. The Morgan fingerprint density at radius 1 is 1.06 bits per heavy atom. The maximum atomic E-state index is 12.5. The Balaban J connectivity index is 1.16. The third-order valence-corrected chi connectivity index (χ3v) is 6.60. The summed E-state index contributed by atoms with van der Waals surface area (Å²) in [4.78, 5) is 26.0. The molecule has 1 atom stereocenters. The molecule has 1 saturated carbocycles. The van der Waals surface area contributed by atoms with Crippen LogP contribution < -0.4 is 10.2 Å². The molecule has 8 heteroatoms. The number of carboxylic acid groups (broad SMARTS) is 1. The molecule has 5 rings (SSSR count).